The minimum Gasteiger partial charge on any atom is -0.480 e. The van der Waals surface area contributed by atoms with Crippen molar-refractivity contribution in [3.05, 3.63) is 11.9 Å². The quantitative estimate of drug-likeness (QED) is 0.680. The lowest BCUT2D eigenvalue weighted by atomic mass is 10.4. The fourth-order valence-corrected chi connectivity index (χ4v) is 1.93. The fraction of sp³-hybridized carbons (Fsp3) is 0.667. The lowest BCUT2D eigenvalue weighted by Gasteiger charge is -2.22. The smallest absolute Gasteiger partial charge is 0.325 e. The van der Waals surface area contributed by atoms with Crippen molar-refractivity contribution in [3.63, 3.8) is 0 Å². The number of hydrogen-bond donors (Lipinski definition) is 2. The van der Waals surface area contributed by atoms with Crippen LogP contribution in [0, 0.1) is 0 Å². The predicted molar refractivity (Wildman–Crippen MR) is 71.5 cm³/mol. The number of urea groups is 1. The Morgan fingerprint density at radius 2 is 2.33 bits per heavy atom. The summed E-state index contributed by atoms with van der Waals surface area (Å²) < 4.78 is 6.22. The average Bonchev–Trinajstić information content (AvgIpc) is 3.17. The molecule has 2 rings (SSSR count). The summed E-state index contributed by atoms with van der Waals surface area (Å²) in [7, 11) is 1.60. The highest BCUT2D eigenvalue weighted by Crippen LogP contribution is 2.26. The molecular formula is C12H19N5O4. The van der Waals surface area contributed by atoms with Crippen molar-refractivity contribution in [1.82, 2.24) is 25.2 Å². The summed E-state index contributed by atoms with van der Waals surface area (Å²) >= 11 is 0. The van der Waals surface area contributed by atoms with E-state index in [9.17, 15) is 9.59 Å². The van der Waals surface area contributed by atoms with Crippen LogP contribution in [-0.4, -0.2) is 63.3 Å². The average molecular weight is 297 g/mol. The van der Waals surface area contributed by atoms with Gasteiger partial charge in [-0.25, -0.2) is 9.48 Å². The molecule has 21 heavy (non-hydrogen) atoms. The van der Waals surface area contributed by atoms with Gasteiger partial charge in [0.2, 0.25) is 0 Å². The molecule has 9 heteroatoms. The number of rotatable bonds is 8. The van der Waals surface area contributed by atoms with Gasteiger partial charge in [0.1, 0.15) is 12.2 Å². The molecule has 0 spiro atoms. The van der Waals surface area contributed by atoms with Gasteiger partial charge in [0.15, 0.2) is 0 Å². The third kappa shape index (κ3) is 4.71. The summed E-state index contributed by atoms with van der Waals surface area (Å²) in [6.07, 6.45) is 3.54. The molecule has 116 valence electrons. The van der Waals surface area contributed by atoms with E-state index in [0.717, 1.165) is 12.8 Å². The zero-order valence-corrected chi connectivity index (χ0v) is 11.9. The number of carbonyl (C=O) groups excluding carboxylic acids is 1. The van der Waals surface area contributed by atoms with Crippen LogP contribution < -0.4 is 5.32 Å². The highest BCUT2D eigenvalue weighted by atomic mass is 16.5. The van der Waals surface area contributed by atoms with Gasteiger partial charge < -0.3 is 20.1 Å². The molecule has 0 aromatic carbocycles. The molecule has 1 fully saturated rings. The van der Waals surface area contributed by atoms with Crippen molar-refractivity contribution in [2.45, 2.75) is 32.0 Å². The van der Waals surface area contributed by atoms with E-state index in [2.05, 4.69) is 15.6 Å². The van der Waals surface area contributed by atoms with Gasteiger partial charge in [-0.1, -0.05) is 5.21 Å². The number of nitrogens with zero attached hydrogens (tertiary/aromatic N) is 4. The summed E-state index contributed by atoms with van der Waals surface area (Å²) in [5.74, 6) is -0.991. The van der Waals surface area contributed by atoms with E-state index in [1.165, 1.54) is 10.9 Å². The van der Waals surface area contributed by atoms with Crippen molar-refractivity contribution >= 4 is 12.0 Å². The molecule has 2 N–H and O–H groups in total. The normalized spacial score (nSPS) is 14.0. The van der Waals surface area contributed by atoms with Gasteiger partial charge in [0.25, 0.3) is 0 Å². The Bertz CT molecular complexity index is 500. The Balaban J connectivity index is 1.81. The topological polar surface area (TPSA) is 110 Å². The van der Waals surface area contributed by atoms with Crippen LogP contribution in [0.25, 0.3) is 0 Å². The fourth-order valence-electron chi connectivity index (χ4n) is 1.93. The van der Waals surface area contributed by atoms with Crippen LogP contribution in [0.1, 0.15) is 18.5 Å². The van der Waals surface area contributed by atoms with Gasteiger partial charge >= 0.3 is 12.0 Å². The lowest BCUT2D eigenvalue weighted by molar-refractivity contribution is -0.137. The Labute approximate surface area is 121 Å². The largest absolute Gasteiger partial charge is 0.480 e. The number of aromatic nitrogens is 3. The Kier molecular flexibility index (Phi) is 5.09. The van der Waals surface area contributed by atoms with Crippen molar-refractivity contribution < 1.29 is 19.4 Å². The van der Waals surface area contributed by atoms with Crippen LogP contribution >= 0.6 is 0 Å². The number of carboxylic acid groups (broad SMARTS) is 1. The number of carboxylic acids is 1. The second kappa shape index (κ2) is 7.02. The molecule has 9 nitrogen and oxygen atoms in total. The van der Waals surface area contributed by atoms with Gasteiger partial charge in [-0.05, 0) is 12.8 Å². The van der Waals surface area contributed by atoms with Crippen molar-refractivity contribution in [3.8, 4) is 0 Å². The summed E-state index contributed by atoms with van der Waals surface area (Å²) in [6.45, 7) is 1.02. The van der Waals surface area contributed by atoms with Crippen LogP contribution in [0.5, 0.6) is 0 Å². The van der Waals surface area contributed by atoms with Crippen LogP contribution in [0.4, 0.5) is 4.79 Å². The number of aliphatic carboxylic acids is 1. The predicted octanol–water partition coefficient (Wildman–Crippen LogP) is -0.317. The van der Waals surface area contributed by atoms with Crippen molar-refractivity contribution in [1.29, 1.82) is 0 Å². The second-order valence-electron chi connectivity index (χ2n) is 4.88. The van der Waals surface area contributed by atoms with E-state index in [1.54, 1.807) is 12.0 Å². The molecule has 0 atom stereocenters. The molecule has 1 aliphatic rings. The van der Waals surface area contributed by atoms with E-state index in [4.69, 9.17) is 9.84 Å². The third-order valence-electron chi connectivity index (χ3n) is 3.09. The summed E-state index contributed by atoms with van der Waals surface area (Å²) in [4.78, 5) is 24.4. The summed E-state index contributed by atoms with van der Waals surface area (Å²) in [6, 6.07) is 0.130. The molecule has 0 saturated heterocycles. The maximum Gasteiger partial charge on any atom is 0.325 e. The minimum atomic E-state index is -0.991. The molecule has 0 unspecified atom stereocenters. The van der Waals surface area contributed by atoms with Gasteiger partial charge in [-0.3, -0.25) is 4.79 Å². The molecule has 1 aromatic heterocycles. The first-order valence-corrected chi connectivity index (χ1v) is 6.74. The van der Waals surface area contributed by atoms with Crippen molar-refractivity contribution in [2.24, 2.45) is 0 Å². The molecule has 1 heterocycles. The number of amides is 2. The molecule has 1 aromatic rings. The highest BCUT2D eigenvalue weighted by Gasteiger charge is 2.32. The van der Waals surface area contributed by atoms with E-state index in [-0.39, 0.29) is 19.1 Å². The highest BCUT2D eigenvalue weighted by molar-refractivity contribution is 5.74. The van der Waals surface area contributed by atoms with Gasteiger partial charge in [-0.2, -0.15) is 0 Å². The summed E-state index contributed by atoms with van der Waals surface area (Å²) in [5, 5.41) is 18.9. The number of hydrogen-bond acceptors (Lipinski definition) is 5. The lowest BCUT2D eigenvalue weighted by Crippen LogP contribution is -2.42. The van der Waals surface area contributed by atoms with E-state index < -0.39 is 5.97 Å². The van der Waals surface area contributed by atoms with E-state index in [1.807, 2.05) is 0 Å². The zero-order chi connectivity index (χ0) is 15.2. The SMILES string of the molecule is COCCN(C(=O)NCc1cn(CC(=O)O)nn1)C1CC1. The first-order valence-electron chi connectivity index (χ1n) is 6.74. The first-order chi connectivity index (χ1) is 10.1. The third-order valence-corrected chi connectivity index (χ3v) is 3.09. The van der Waals surface area contributed by atoms with Gasteiger partial charge in [0.05, 0.1) is 19.3 Å². The minimum absolute atomic E-state index is 0.165. The number of nitrogens with one attached hydrogen (secondary N) is 1. The Morgan fingerprint density at radius 3 is 2.95 bits per heavy atom. The zero-order valence-electron chi connectivity index (χ0n) is 11.9. The standard InChI is InChI=1S/C12H19N5O4/c1-21-5-4-17(10-2-3-10)12(20)13-6-9-7-16(15-14-9)8-11(18)19/h7,10H,2-6,8H2,1H3,(H,13,20)(H,18,19). The molecule has 1 aliphatic carbocycles. The first kappa shape index (κ1) is 15.2. The number of methoxy groups -OCH3 is 1. The van der Waals surface area contributed by atoms with Gasteiger partial charge in [0, 0.05) is 19.7 Å². The summed E-state index contributed by atoms with van der Waals surface area (Å²) in [5.41, 5.74) is 0.520. The van der Waals surface area contributed by atoms with E-state index >= 15 is 0 Å². The monoisotopic (exact) mass is 297 g/mol. The van der Waals surface area contributed by atoms with Gasteiger partial charge in [-0.15, -0.1) is 5.10 Å². The number of carbonyl (C=O) groups is 2. The molecule has 2 amide bonds. The molecule has 0 radical (unpaired) electrons. The van der Waals surface area contributed by atoms with Crippen molar-refractivity contribution in [2.75, 3.05) is 20.3 Å². The number of ether oxygens (including phenoxy) is 1. The molecule has 0 aliphatic heterocycles. The molecule has 1 saturated carbocycles. The molecular weight excluding hydrogens is 278 g/mol. The van der Waals surface area contributed by atoms with Crippen LogP contribution in [-0.2, 0) is 22.6 Å². The molecule has 0 bridgehead atoms. The Hall–Kier alpha value is -2.16. The van der Waals surface area contributed by atoms with Crippen LogP contribution in [0.2, 0.25) is 0 Å². The maximum absolute atomic E-state index is 12.1. The Morgan fingerprint density at radius 1 is 1.57 bits per heavy atom. The maximum atomic E-state index is 12.1. The van der Waals surface area contributed by atoms with Crippen LogP contribution in [0.3, 0.4) is 0 Å². The van der Waals surface area contributed by atoms with E-state index in [0.29, 0.717) is 24.9 Å². The second-order valence-corrected chi connectivity index (χ2v) is 4.88. The van der Waals surface area contributed by atoms with Crippen LogP contribution in [0.15, 0.2) is 6.20 Å².